The molecular weight excluding hydrogens is 232 g/mol. The van der Waals surface area contributed by atoms with Gasteiger partial charge in [0, 0.05) is 19.5 Å². The number of carbonyl (C=O) groups excluding carboxylic acids is 1. The minimum Gasteiger partial charge on any atom is -0.481 e. The molecule has 4 nitrogen and oxygen atoms in total. The highest BCUT2D eigenvalue weighted by Crippen LogP contribution is 2.61. The van der Waals surface area contributed by atoms with E-state index < -0.39 is 35.6 Å². The van der Waals surface area contributed by atoms with Crippen molar-refractivity contribution in [3.8, 4) is 0 Å². The molecule has 6 heteroatoms. The molecule has 0 aromatic carbocycles. The van der Waals surface area contributed by atoms with E-state index in [1.165, 1.54) is 11.8 Å². The van der Waals surface area contributed by atoms with Crippen LogP contribution in [-0.2, 0) is 9.59 Å². The highest BCUT2D eigenvalue weighted by atomic mass is 19.3. The number of hydrogen-bond acceptors (Lipinski definition) is 2. The fourth-order valence-corrected chi connectivity index (χ4v) is 2.34. The second-order valence-corrected chi connectivity index (χ2v) is 5.14. The van der Waals surface area contributed by atoms with Gasteiger partial charge < -0.3 is 10.0 Å². The van der Waals surface area contributed by atoms with Crippen LogP contribution in [0, 0.1) is 11.3 Å². The van der Waals surface area contributed by atoms with Crippen LogP contribution in [0.1, 0.15) is 26.2 Å². The number of rotatable bonds is 2. The Morgan fingerprint density at radius 2 is 2.00 bits per heavy atom. The summed E-state index contributed by atoms with van der Waals surface area (Å²) in [4.78, 5) is 24.0. The maximum Gasteiger partial charge on any atom is 0.308 e. The third-order valence-corrected chi connectivity index (χ3v) is 3.79. The Hall–Kier alpha value is -1.20. The van der Waals surface area contributed by atoms with Gasteiger partial charge in [-0.05, 0) is 19.8 Å². The van der Waals surface area contributed by atoms with Crippen molar-refractivity contribution in [3.63, 3.8) is 0 Å². The minimum atomic E-state index is -2.93. The molecule has 1 N–H and O–H groups in total. The summed E-state index contributed by atoms with van der Waals surface area (Å²) in [6, 6.07) is 0. The molecule has 1 heterocycles. The summed E-state index contributed by atoms with van der Waals surface area (Å²) in [6.07, 6.45) is 0.643. The quantitative estimate of drug-likeness (QED) is 0.801. The van der Waals surface area contributed by atoms with Crippen molar-refractivity contribution in [3.05, 3.63) is 0 Å². The zero-order valence-corrected chi connectivity index (χ0v) is 9.58. The Morgan fingerprint density at radius 1 is 1.41 bits per heavy atom. The van der Waals surface area contributed by atoms with Crippen molar-refractivity contribution in [2.24, 2.45) is 11.3 Å². The standard InChI is InChI=1S/C11H15F2NO3/c1-10(6-11(10,12)13)9(17)14-4-2-3-7(5-14)8(15)16/h7H,2-6H2,1H3,(H,15,16)/t7-,10?/m0/s1. The molecule has 2 atom stereocenters. The smallest absolute Gasteiger partial charge is 0.308 e. The first-order valence-corrected chi connectivity index (χ1v) is 5.68. The number of piperidine rings is 1. The molecule has 0 aromatic rings. The van der Waals surface area contributed by atoms with Crippen LogP contribution in [0.4, 0.5) is 8.78 Å². The lowest BCUT2D eigenvalue weighted by Gasteiger charge is -2.32. The molecule has 1 amide bonds. The number of nitrogens with zero attached hydrogens (tertiary/aromatic N) is 1. The SMILES string of the molecule is CC1(C(=O)N2CCC[C@H](C(=O)O)C2)CC1(F)F. The molecule has 0 bridgehead atoms. The van der Waals surface area contributed by atoms with E-state index in [1.807, 2.05) is 0 Å². The molecule has 1 saturated heterocycles. The van der Waals surface area contributed by atoms with E-state index in [2.05, 4.69) is 0 Å². The average molecular weight is 247 g/mol. The highest BCUT2D eigenvalue weighted by molar-refractivity contribution is 5.87. The Balaban J connectivity index is 2.04. The number of amides is 1. The second-order valence-electron chi connectivity index (χ2n) is 5.14. The lowest BCUT2D eigenvalue weighted by Crippen LogP contribution is -2.46. The van der Waals surface area contributed by atoms with Crippen LogP contribution < -0.4 is 0 Å². The fraction of sp³-hybridized carbons (Fsp3) is 0.818. The third kappa shape index (κ3) is 1.89. The van der Waals surface area contributed by atoms with E-state index in [0.29, 0.717) is 19.4 Å². The molecule has 2 fully saturated rings. The van der Waals surface area contributed by atoms with Crippen LogP contribution in [0.5, 0.6) is 0 Å². The zero-order valence-electron chi connectivity index (χ0n) is 9.58. The number of hydrogen-bond donors (Lipinski definition) is 1. The molecule has 1 aliphatic heterocycles. The number of carboxylic acids is 1. The first-order valence-electron chi connectivity index (χ1n) is 5.68. The van der Waals surface area contributed by atoms with Gasteiger partial charge in [0.05, 0.1) is 5.92 Å². The summed E-state index contributed by atoms with van der Waals surface area (Å²) in [5.41, 5.74) is -1.60. The molecule has 1 saturated carbocycles. The van der Waals surface area contributed by atoms with E-state index in [0.717, 1.165) is 0 Å². The largest absolute Gasteiger partial charge is 0.481 e. The van der Waals surface area contributed by atoms with Gasteiger partial charge in [-0.1, -0.05) is 0 Å². The summed E-state index contributed by atoms with van der Waals surface area (Å²) in [5, 5.41) is 8.87. The number of alkyl halides is 2. The van der Waals surface area contributed by atoms with E-state index in [9.17, 15) is 18.4 Å². The number of carbonyl (C=O) groups is 2. The van der Waals surface area contributed by atoms with Gasteiger partial charge >= 0.3 is 5.97 Å². The molecule has 2 aliphatic rings. The first-order chi connectivity index (χ1) is 7.78. The molecule has 17 heavy (non-hydrogen) atoms. The van der Waals surface area contributed by atoms with E-state index in [-0.39, 0.29) is 6.54 Å². The molecule has 0 spiro atoms. The number of carboxylic acid groups (broad SMARTS) is 1. The number of halogens is 2. The van der Waals surface area contributed by atoms with Crippen molar-refractivity contribution >= 4 is 11.9 Å². The zero-order chi connectivity index (χ0) is 12.8. The van der Waals surface area contributed by atoms with E-state index >= 15 is 0 Å². The van der Waals surface area contributed by atoms with Gasteiger partial charge in [0.1, 0.15) is 5.41 Å². The normalized spacial score (nSPS) is 35.5. The van der Waals surface area contributed by atoms with Gasteiger partial charge in [0.15, 0.2) is 0 Å². The van der Waals surface area contributed by atoms with E-state index in [4.69, 9.17) is 5.11 Å². The summed E-state index contributed by atoms with van der Waals surface area (Å²) < 4.78 is 26.2. The van der Waals surface area contributed by atoms with Gasteiger partial charge in [-0.15, -0.1) is 0 Å². The Labute approximate surface area is 97.6 Å². The summed E-state index contributed by atoms with van der Waals surface area (Å²) in [6.45, 7) is 1.69. The van der Waals surface area contributed by atoms with Crippen LogP contribution in [0.15, 0.2) is 0 Å². The lowest BCUT2D eigenvalue weighted by atomic mass is 9.96. The van der Waals surface area contributed by atoms with Crippen LogP contribution >= 0.6 is 0 Å². The number of aliphatic carboxylic acids is 1. The number of likely N-dealkylation sites (tertiary alicyclic amines) is 1. The molecule has 0 radical (unpaired) electrons. The molecule has 1 unspecified atom stereocenters. The fourth-order valence-electron chi connectivity index (χ4n) is 2.34. The Bertz CT molecular complexity index is 372. The van der Waals surface area contributed by atoms with Crippen molar-refractivity contribution in [1.82, 2.24) is 4.90 Å². The average Bonchev–Trinajstić information content (AvgIpc) is 2.78. The summed E-state index contributed by atoms with van der Waals surface area (Å²) >= 11 is 0. The van der Waals surface area contributed by atoms with Crippen molar-refractivity contribution < 1.29 is 23.5 Å². The minimum absolute atomic E-state index is 0.0554. The molecule has 0 aromatic heterocycles. The maximum atomic E-state index is 13.1. The van der Waals surface area contributed by atoms with Crippen LogP contribution in [0.3, 0.4) is 0 Å². The predicted octanol–water partition coefficient (Wildman–Crippen LogP) is 1.35. The highest BCUT2D eigenvalue weighted by Gasteiger charge is 2.73. The third-order valence-electron chi connectivity index (χ3n) is 3.79. The topological polar surface area (TPSA) is 57.6 Å². The Morgan fingerprint density at radius 3 is 2.47 bits per heavy atom. The Kier molecular flexibility index (Phi) is 2.63. The molecular formula is C11H15F2NO3. The van der Waals surface area contributed by atoms with Gasteiger partial charge in [0.2, 0.25) is 5.91 Å². The van der Waals surface area contributed by atoms with Crippen LogP contribution in [-0.4, -0.2) is 40.9 Å². The van der Waals surface area contributed by atoms with Crippen LogP contribution in [0.2, 0.25) is 0 Å². The predicted molar refractivity (Wildman–Crippen MR) is 54.6 cm³/mol. The molecule has 2 rings (SSSR count). The van der Waals surface area contributed by atoms with Crippen molar-refractivity contribution in [2.45, 2.75) is 32.1 Å². The van der Waals surface area contributed by atoms with Crippen LogP contribution in [0.25, 0.3) is 0 Å². The summed E-state index contributed by atoms with van der Waals surface area (Å²) in [5.74, 6) is -5.12. The maximum absolute atomic E-state index is 13.1. The molecule has 96 valence electrons. The second kappa shape index (κ2) is 3.65. The van der Waals surface area contributed by atoms with Crippen molar-refractivity contribution in [2.75, 3.05) is 13.1 Å². The molecule has 1 aliphatic carbocycles. The summed E-state index contributed by atoms with van der Waals surface area (Å²) in [7, 11) is 0. The van der Waals surface area contributed by atoms with E-state index in [1.54, 1.807) is 0 Å². The van der Waals surface area contributed by atoms with Gasteiger partial charge in [0.25, 0.3) is 5.92 Å². The lowest BCUT2D eigenvalue weighted by molar-refractivity contribution is -0.148. The van der Waals surface area contributed by atoms with Gasteiger partial charge in [-0.3, -0.25) is 9.59 Å². The van der Waals surface area contributed by atoms with Gasteiger partial charge in [-0.25, -0.2) is 8.78 Å². The monoisotopic (exact) mass is 247 g/mol. The van der Waals surface area contributed by atoms with Crippen molar-refractivity contribution in [1.29, 1.82) is 0 Å². The first kappa shape index (κ1) is 12.3. The van der Waals surface area contributed by atoms with Gasteiger partial charge in [-0.2, -0.15) is 0 Å².